The van der Waals surface area contributed by atoms with Gasteiger partial charge < -0.3 is 24.1 Å². The molecule has 2 aliphatic heterocycles. The summed E-state index contributed by atoms with van der Waals surface area (Å²) in [6, 6.07) is 13.4. The molecule has 10 nitrogen and oxygen atoms in total. The Hall–Kier alpha value is -4.53. The molecule has 6 rings (SSSR count). The lowest BCUT2D eigenvalue weighted by Crippen LogP contribution is -2.33. The zero-order valence-electron chi connectivity index (χ0n) is 21.6. The van der Waals surface area contributed by atoms with Gasteiger partial charge in [-0.1, -0.05) is 18.2 Å². The second kappa shape index (κ2) is 10.9. The topological polar surface area (TPSA) is 129 Å². The number of carbonyl (C=O) groups is 1. The van der Waals surface area contributed by atoms with Gasteiger partial charge >= 0.3 is 5.97 Å². The summed E-state index contributed by atoms with van der Waals surface area (Å²) < 4.78 is 27.7. The zero-order chi connectivity index (χ0) is 27.6. The largest absolute Gasteiger partial charge is 0.477 e. The van der Waals surface area contributed by atoms with Crippen molar-refractivity contribution in [1.82, 2.24) is 24.4 Å². The van der Waals surface area contributed by atoms with Crippen LogP contribution in [0.1, 0.15) is 46.0 Å². The van der Waals surface area contributed by atoms with Crippen LogP contribution in [0, 0.1) is 17.1 Å². The minimum absolute atomic E-state index is 0.0152. The SMILES string of the molecule is N#Cc1ccc(COc2cccc(C3=CCN(Cc4nc5[nH]c(C(=O)O)cc5n4C[C@@H]4CCO4)CC3)n2)c(F)c1. The van der Waals surface area contributed by atoms with Gasteiger partial charge in [-0.05, 0) is 42.7 Å². The average molecular weight is 543 g/mol. The maximum atomic E-state index is 14.2. The maximum Gasteiger partial charge on any atom is 0.352 e. The van der Waals surface area contributed by atoms with Crippen molar-refractivity contribution in [3.05, 3.63) is 82.7 Å². The predicted octanol–water partition coefficient (Wildman–Crippen LogP) is 4.13. The molecule has 40 heavy (non-hydrogen) atoms. The van der Waals surface area contributed by atoms with Crippen LogP contribution in [0.5, 0.6) is 5.88 Å². The van der Waals surface area contributed by atoms with Crippen LogP contribution in [0.2, 0.25) is 0 Å². The highest BCUT2D eigenvalue weighted by Crippen LogP contribution is 2.26. The summed E-state index contributed by atoms with van der Waals surface area (Å²) in [7, 11) is 0. The normalized spacial score (nSPS) is 17.3. The number of benzene rings is 1. The van der Waals surface area contributed by atoms with Crippen molar-refractivity contribution in [1.29, 1.82) is 5.26 Å². The minimum atomic E-state index is -1.01. The second-order valence-corrected chi connectivity index (χ2v) is 9.92. The van der Waals surface area contributed by atoms with E-state index < -0.39 is 11.8 Å². The standard InChI is InChI=1S/C29H27FN6O4/c30-22-12-18(14-31)4-5-20(22)17-40-27-3-1-2-23(32-27)19-6-9-35(10-7-19)16-26-34-28-25(13-24(33-28)29(37)38)36(26)15-21-8-11-39-21/h1-6,12-13,21,33H,7-11,15-17H2,(H,37,38)/t21-/m0/s1. The first-order valence-electron chi connectivity index (χ1n) is 13.1. The van der Waals surface area contributed by atoms with E-state index in [1.165, 1.54) is 6.07 Å². The number of aromatic nitrogens is 4. The molecule has 0 spiro atoms. The van der Waals surface area contributed by atoms with Crippen LogP contribution in [0.15, 0.2) is 48.5 Å². The molecule has 0 saturated carbocycles. The fourth-order valence-corrected chi connectivity index (χ4v) is 4.97. The van der Waals surface area contributed by atoms with Crippen LogP contribution in [-0.4, -0.2) is 61.3 Å². The highest BCUT2D eigenvalue weighted by Gasteiger charge is 2.25. The van der Waals surface area contributed by atoms with Gasteiger partial charge in [-0.3, -0.25) is 4.90 Å². The molecule has 5 heterocycles. The van der Waals surface area contributed by atoms with Gasteiger partial charge in [-0.25, -0.2) is 19.2 Å². The molecule has 1 saturated heterocycles. The first-order chi connectivity index (χ1) is 19.5. The number of aromatic amines is 1. The number of hydrogen-bond acceptors (Lipinski definition) is 7. The Morgan fingerprint density at radius 3 is 2.85 bits per heavy atom. The van der Waals surface area contributed by atoms with Crippen LogP contribution in [0.3, 0.4) is 0 Å². The summed E-state index contributed by atoms with van der Waals surface area (Å²) in [6.45, 7) is 3.53. The fourth-order valence-electron chi connectivity index (χ4n) is 4.97. The Labute approximate surface area is 229 Å². The van der Waals surface area contributed by atoms with E-state index in [1.807, 2.05) is 18.2 Å². The number of nitrogens with one attached hydrogen (secondary N) is 1. The molecule has 0 radical (unpaired) electrons. The van der Waals surface area contributed by atoms with E-state index in [4.69, 9.17) is 19.7 Å². The Kier molecular flexibility index (Phi) is 7.02. The van der Waals surface area contributed by atoms with Gasteiger partial charge in [-0.2, -0.15) is 5.26 Å². The molecule has 2 N–H and O–H groups in total. The van der Waals surface area contributed by atoms with Crippen LogP contribution < -0.4 is 4.74 Å². The summed E-state index contributed by atoms with van der Waals surface area (Å²) in [5, 5.41) is 18.3. The third kappa shape index (κ3) is 5.32. The fraction of sp³-hybridized carbons (Fsp3) is 0.310. The lowest BCUT2D eigenvalue weighted by Gasteiger charge is -2.29. The number of imidazole rings is 1. The summed E-state index contributed by atoms with van der Waals surface area (Å²) in [6.07, 6.45) is 4.02. The number of ether oxygens (including phenoxy) is 2. The number of aromatic carboxylic acids is 1. The van der Waals surface area contributed by atoms with E-state index in [0.29, 0.717) is 36.7 Å². The average Bonchev–Trinajstić information content (AvgIpc) is 3.49. The number of nitrogens with zero attached hydrogens (tertiary/aromatic N) is 5. The summed E-state index contributed by atoms with van der Waals surface area (Å²) >= 11 is 0. The highest BCUT2D eigenvalue weighted by molar-refractivity contribution is 5.91. The number of carboxylic acid groups (broad SMARTS) is 1. The molecule has 1 atom stereocenters. The van der Waals surface area contributed by atoms with E-state index in [2.05, 4.69) is 25.5 Å². The smallest absolute Gasteiger partial charge is 0.352 e. The lowest BCUT2D eigenvalue weighted by molar-refractivity contribution is -0.0591. The summed E-state index contributed by atoms with van der Waals surface area (Å²) in [4.78, 5) is 26.0. The van der Waals surface area contributed by atoms with Crippen LogP contribution in [0.4, 0.5) is 4.39 Å². The molecule has 11 heteroatoms. The van der Waals surface area contributed by atoms with E-state index in [0.717, 1.165) is 48.6 Å². The summed E-state index contributed by atoms with van der Waals surface area (Å²) in [5.74, 6) is -0.218. The molecule has 0 unspecified atom stereocenters. The Morgan fingerprint density at radius 1 is 1.27 bits per heavy atom. The van der Waals surface area contributed by atoms with Crippen LogP contribution in [0.25, 0.3) is 16.7 Å². The molecule has 3 aromatic heterocycles. The Morgan fingerprint density at radius 2 is 2.15 bits per heavy atom. The van der Waals surface area contributed by atoms with Gasteiger partial charge in [0, 0.05) is 31.3 Å². The molecule has 0 amide bonds. The van der Waals surface area contributed by atoms with Crippen molar-refractivity contribution in [2.24, 2.45) is 0 Å². The lowest BCUT2D eigenvalue weighted by atomic mass is 10.0. The molecular weight excluding hydrogens is 515 g/mol. The van der Waals surface area contributed by atoms with E-state index >= 15 is 0 Å². The van der Waals surface area contributed by atoms with Crippen molar-refractivity contribution in [2.45, 2.75) is 38.6 Å². The molecule has 2 aliphatic rings. The number of halogens is 1. The van der Waals surface area contributed by atoms with Crippen molar-refractivity contribution >= 4 is 22.7 Å². The van der Waals surface area contributed by atoms with Crippen molar-refractivity contribution in [2.75, 3.05) is 19.7 Å². The zero-order valence-corrected chi connectivity index (χ0v) is 21.6. The minimum Gasteiger partial charge on any atom is -0.477 e. The van der Waals surface area contributed by atoms with Gasteiger partial charge in [0.2, 0.25) is 5.88 Å². The quantitative estimate of drug-likeness (QED) is 0.323. The first-order valence-corrected chi connectivity index (χ1v) is 13.1. The van der Waals surface area contributed by atoms with Crippen LogP contribution >= 0.6 is 0 Å². The monoisotopic (exact) mass is 542 g/mol. The van der Waals surface area contributed by atoms with E-state index in [9.17, 15) is 14.3 Å². The predicted molar refractivity (Wildman–Crippen MR) is 143 cm³/mol. The number of pyridine rings is 1. The Bertz CT molecular complexity index is 1650. The molecule has 1 fully saturated rings. The van der Waals surface area contributed by atoms with Gasteiger partial charge in [0.15, 0.2) is 5.65 Å². The number of rotatable bonds is 9. The number of nitriles is 1. The molecular formula is C29H27FN6O4. The van der Waals surface area contributed by atoms with E-state index in [-0.39, 0.29) is 24.0 Å². The number of H-pyrrole nitrogens is 1. The first kappa shape index (κ1) is 25.7. The number of carboxylic acids is 1. The van der Waals surface area contributed by atoms with E-state index in [1.54, 1.807) is 24.3 Å². The van der Waals surface area contributed by atoms with Crippen molar-refractivity contribution in [3.8, 4) is 11.9 Å². The van der Waals surface area contributed by atoms with Gasteiger partial charge in [-0.15, -0.1) is 0 Å². The van der Waals surface area contributed by atoms with Crippen LogP contribution in [-0.2, 0) is 24.4 Å². The highest BCUT2D eigenvalue weighted by atomic mass is 19.1. The van der Waals surface area contributed by atoms with Crippen molar-refractivity contribution < 1.29 is 23.8 Å². The molecule has 4 aromatic rings. The van der Waals surface area contributed by atoms with Crippen molar-refractivity contribution in [3.63, 3.8) is 0 Å². The van der Waals surface area contributed by atoms with Gasteiger partial charge in [0.1, 0.15) is 23.9 Å². The third-order valence-electron chi connectivity index (χ3n) is 7.30. The summed E-state index contributed by atoms with van der Waals surface area (Å²) in [5.41, 5.74) is 4.02. The molecule has 0 aliphatic carbocycles. The maximum absolute atomic E-state index is 14.2. The molecule has 1 aromatic carbocycles. The van der Waals surface area contributed by atoms with Gasteiger partial charge in [0.05, 0.1) is 42.0 Å². The number of hydrogen-bond donors (Lipinski definition) is 2. The molecule has 0 bridgehead atoms. The third-order valence-corrected chi connectivity index (χ3v) is 7.30. The number of fused-ring (bicyclic) bond motifs is 1. The molecule has 204 valence electrons. The second-order valence-electron chi connectivity index (χ2n) is 9.92. The Balaban J connectivity index is 1.12. The van der Waals surface area contributed by atoms with Gasteiger partial charge in [0.25, 0.3) is 0 Å².